The summed E-state index contributed by atoms with van der Waals surface area (Å²) in [6.45, 7) is 4.43. The van der Waals surface area contributed by atoms with Crippen LogP contribution >= 0.6 is 0 Å². The average molecular weight is 311 g/mol. The molecule has 0 unspecified atom stereocenters. The first-order valence-electron chi connectivity index (χ1n) is 7.02. The van der Waals surface area contributed by atoms with Gasteiger partial charge in [-0.3, -0.25) is 0 Å². The van der Waals surface area contributed by atoms with Crippen molar-refractivity contribution in [3.05, 3.63) is 23.8 Å². The molecule has 0 spiro atoms. The molecule has 22 heavy (non-hydrogen) atoms. The Kier molecular flexibility index (Phi) is 7.60. The molecule has 0 radical (unpaired) electrons. The summed E-state index contributed by atoms with van der Waals surface area (Å²) < 4.78 is 19.7. The van der Waals surface area contributed by atoms with Crippen molar-refractivity contribution in [2.45, 2.75) is 20.3 Å². The second-order valence-electron chi connectivity index (χ2n) is 4.17. The van der Waals surface area contributed by atoms with Crippen LogP contribution in [0.4, 0.5) is 9.59 Å². The summed E-state index contributed by atoms with van der Waals surface area (Å²) in [6, 6.07) is 5.14. The Balaban J connectivity index is 2.60. The first-order chi connectivity index (χ1) is 10.6. The maximum absolute atomic E-state index is 11.3. The third-order valence-electron chi connectivity index (χ3n) is 2.64. The molecule has 1 aromatic rings. The second kappa shape index (κ2) is 9.49. The lowest BCUT2D eigenvalue weighted by Crippen LogP contribution is -2.26. The number of rotatable bonds is 7. The van der Waals surface area contributed by atoms with E-state index in [-0.39, 0.29) is 12.4 Å². The van der Waals surface area contributed by atoms with E-state index in [0.717, 1.165) is 5.56 Å². The van der Waals surface area contributed by atoms with Gasteiger partial charge in [-0.2, -0.15) is 0 Å². The average Bonchev–Trinajstić information content (AvgIpc) is 2.49. The van der Waals surface area contributed by atoms with E-state index in [1.54, 1.807) is 32.0 Å². The van der Waals surface area contributed by atoms with Gasteiger partial charge in [0, 0.05) is 6.54 Å². The summed E-state index contributed by atoms with van der Waals surface area (Å²) in [5.41, 5.74) is 0.921. The Morgan fingerprint density at radius 3 is 2.45 bits per heavy atom. The van der Waals surface area contributed by atoms with Crippen LogP contribution in [-0.4, -0.2) is 39.1 Å². The molecule has 122 valence electrons. The number of methoxy groups -OCH3 is 1. The van der Waals surface area contributed by atoms with Crippen LogP contribution in [0.2, 0.25) is 0 Å². The number of alkyl carbamates (subject to hydrolysis) is 1. The van der Waals surface area contributed by atoms with E-state index in [4.69, 9.17) is 18.9 Å². The van der Waals surface area contributed by atoms with Crippen molar-refractivity contribution in [3.8, 4) is 11.5 Å². The van der Waals surface area contributed by atoms with Crippen molar-refractivity contribution in [1.29, 1.82) is 0 Å². The van der Waals surface area contributed by atoms with Gasteiger partial charge in [-0.1, -0.05) is 6.07 Å². The Morgan fingerprint density at radius 1 is 1.09 bits per heavy atom. The molecule has 7 nitrogen and oxygen atoms in total. The highest BCUT2D eigenvalue weighted by Gasteiger charge is 2.11. The SMILES string of the molecule is CCOC(=O)NCCc1ccc(OC(=O)OCC)c(OC)c1. The molecule has 0 aliphatic rings. The molecular formula is C15H21NO6. The van der Waals surface area contributed by atoms with E-state index < -0.39 is 12.2 Å². The van der Waals surface area contributed by atoms with Crippen molar-refractivity contribution >= 4 is 12.2 Å². The number of hydrogen-bond donors (Lipinski definition) is 1. The van der Waals surface area contributed by atoms with Crippen LogP contribution in [0.15, 0.2) is 18.2 Å². The van der Waals surface area contributed by atoms with E-state index >= 15 is 0 Å². The molecule has 1 rings (SSSR count). The summed E-state index contributed by atoms with van der Waals surface area (Å²) in [7, 11) is 1.48. The fourth-order valence-corrected chi connectivity index (χ4v) is 1.68. The normalized spacial score (nSPS) is 9.77. The summed E-state index contributed by atoms with van der Waals surface area (Å²) >= 11 is 0. The highest BCUT2D eigenvalue weighted by Crippen LogP contribution is 2.28. The highest BCUT2D eigenvalue weighted by molar-refractivity contribution is 5.67. The van der Waals surface area contributed by atoms with Gasteiger partial charge >= 0.3 is 12.2 Å². The first-order valence-corrected chi connectivity index (χ1v) is 7.02. The Morgan fingerprint density at radius 2 is 1.82 bits per heavy atom. The van der Waals surface area contributed by atoms with Gasteiger partial charge in [0.25, 0.3) is 0 Å². The standard InChI is InChI=1S/C15H21NO6/c1-4-20-14(17)16-9-8-11-6-7-12(13(10-11)19-3)22-15(18)21-5-2/h6-7,10H,4-5,8-9H2,1-3H3,(H,16,17). The van der Waals surface area contributed by atoms with Gasteiger partial charge in [0.15, 0.2) is 11.5 Å². The van der Waals surface area contributed by atoms with Gasteiger partial charge < -0.3 is 24.3 Å². The van der Waals surface area contributed by atoms with E-state index in [2.05, 4.69) is 5.32 Å². The molecule has 1 amide bonds. The van der Waals surface area contributed by atoms with Crippen molar-refractivity contribution in [3.63, 3.8) is 0 Å². The van der Waals surface area contributed by atoms with Crippen molar-refractivity contribution in [1.82, 2.24) is 5.32 Å². The van der Waals surface area contributed by atoms with Crippen LogP contribution in [0.5, 0.6) is 11.5 Å². The third-order valence-corrected chi connectivity index (χ3v) is 2.64. The largest absolute Gasteiger partial charge is 0.513 e. The molecule has 0 heterocycles. The topological polar surface area (TPSA) is 83.1 Å². The van der Waals surface area contributed by atoms with Gasteiger partial charge in [0.2, 0.25) is 0 Å². The molecule has 0 saturated carbocycles. The monoisotopic (exact) mass is 311 g/mol. The molecule has 0 aliphatic carbocycles. The lowest BCUT2D eigenvalue weighted by molar-refractivity contribution is 0.103. The van der Waals surface area contributed by atoms with E-state index in [9.17, 15) is 9.59 Å². The van der Waals surface area contributed by atoms with Gasteiger partial charge in [0.05, 0.1) is 20.3 Å². The molecule has 0 saturated heterocycles. The number of hydrogen-bond acceptors (Lipinski definition) is 6. The van der Waals surface area contributed by atoms with Crippen molar-refractivity contribution < 1.29 is 28.5 Å². The molecule has 0 fully saturated rings. The van der Waals surface area contributed by atoms with Gasteiger partial charge in [-0.15, -0.1) is 0 Å². The minimum atomic E-state index is -0.780. The van der Waals surface area contributed by atoms with E-state index in [1.807, 2.05) is 0 Å². The molecule has 0 aliphatic heterocycles. The number of carbonyl (C=O) groups is 2. The van der Waals surface area contributed by atoms with Gasteiger partial charge in [-0.25, -0.2) is 9.59 Å². The maximum atomic E-state index is 11.3. The molecule has 0 aromatic heterocycles. The molecule has 1 N–H and O–H groups in total. The van der Waals surface area contributed by atoms with Crippen molar-refractivity contribution in [2.24, 2.45) is 0 Å². The van der Waals surface area contributed by atoms with E-state index in [0.29, 0.717) is 25.3 Å². The molecule has 1 aromatic carbocycles. The predicted molar refractivity (Wildman–Crippen MR) is 79.4 cm³/mol. The minimum absolute atomic E-state index is 0.235. The quantitative estimate of drug-likeness (QED) is 0.615. The van der Waals surface area contributed by atoms with Crippen LogP contribution in [0.3, 0.4) is 0 Å². The number of benzene rings is 1. The predicted octanol–water partition coefficient (Wildman–Crippen LogP) is 2.52. The fourth-order valence-electron chi connectivity index (χ4n) is 1.68. The Hall–Kier alpha value is -2.44. The zero-order chi connectivity index (χ0) is 16.4. The van der Waals surface area contributed by atoms with Crippen LogP contribution in [-0.2, 0) is 15.9 Å². The summed E-state index contributed by atoms with van der Waals surface area (Å²) in [4.78, 5) is 22.5. The Labute approximate surface area is 129 Å². The number of carbonyl (C=O) groups excluding carboxylic acids is 2. The molecule has 7 heteroatoms. The lowest BCUT2D eigenvalue weighted by Gasteiger charge is -2.11. The second-order valence-corrected chi connectivity index (χ2v) is 4.17. The fraction of sp³-hybridized carbons (Fsp3) is 0.467. The zero-order valence-corrected chi connectivity index (χ0v) is 13.0. The van der Waals surface area contributed by atoms with Crippen LogP contribution < -0.4 is 14.8 Å². The van der Waals surface area contributed by atoms with Gasteiger partial charge in [-0.05, 0) is 38.0 Å². The summed E-state index contributed by atoms with van der Waals surface area (Å²) in [6.07, 6.45) is -0.635. The lowest BCUT2D eigenvalue weighted by atomic mass is 10.1. The van der Waals surface area contributed by atoms with E-state index in [1.165, 1.54) is 7.11 Å². The number of nitrogens with one attached hydrogen (secondary N) is 1. The Bertz CT molecular complexity index is 503. The third kappa shape index (κ3) is 5.90. The zero-order valence-electron chi connectivity index (χ0n) is 13.0. The minimum Gasteiger partial charge on any atom is -0.493 e. The molecule has 0 atom stereocenters. The first kappa shape index (κ1) is 17.6. The van der Waals surface area contributed by atoms with Crippen LogP contribution in [0.1, 0.15) is 19.4 Å². The summed E-state index contributed by atoms with van der Waals surface area (Å²) in [5.74, 6) is 0.699. The van der Waals surface area contributed by atoms with Gasteiger partial charge in [0.1, 0.15) is 0 Å². The maximum Gasteiger partial charge on any atom is 0.513 e. The summed E-state index contributed by atoms with van der Waals surface area (Å²) in [5, 5.41) is 2.63. The number of ether oxygens (including phenoxy) is 4. The van der Waals surface area contributed by atoms with Crippen LogP contribution in [0.25, 0.3) is 0 Å². The van der Waals surface area contributed by atoms with Crippen molar-refractivity contribution in [2.75, 3.05) is 26.9 Å². The molecular weight excluding hydrogens is 290 g/mol. The highest BCUT2D eigenvalue weighted by atomic mass is 16.7. The smallest absolute Gasteiger partial charge is 0.493 e. The molecule has 0 bridgehead atoms. The number of amides is 1. The van der Waals surface area contributed by atoms with Crippen LogP contribution in [0, 0.1) is 0 Å².